The van der Waals surface area contributed by atoms with Gasteiger partial charge < -0.3 is 10.1 Å². The van der Waals surface area contributed by atoms with Crippen molar-refractivity contribution in [2.24, 2.45) is 35.5 Å². The lowest BCUT2D eigenvalue weighted by Crippen LogP contribution is -2.40. The second-order valence-corrected chi connectivity index (χ2v) is 8.90. The molecule has 7 rings (SSSR count). The minimum atomic E-state index is -0.373. The molecule has 0 unspecified atom stereocenters. The van der Waals surface area contributed by atoms with Gasteiger partial charge in [0.15, 0.2) is 0 Å². The Bertz CT molecular complexity index is 1060. The fourth-order valence-electron chi connectivity index (χ4n) is 5.75. The molecule has 1 saturated heterocycles. The van der Waals surface area contributed by atoms with Crippen molar-refractivity contribution in [2.45, 2.75) is 6.42 Å². The molecule has 6 heteroatoms. The summed E-state index contributed by atoms with van der Waals surface area (Å²) < 4.78 is 5.75. The summed E-state index contributed by atoms with van der Waals surface area (Å²) in [5.74, 6) is 1.56. The minimum absolute atomic E-state index is 0.168. The third-order valence-corrected chi connectivity index (χ3v) is 7.17. The van der Waals surface area contributed by atoms with Crippen molar-refractivity contribution in [3.63, 3.8) is 0 Å². The molecule has 6 atom stereocenters. The number of rotatable bonds is 5. The lowest BCUT2D eigenvalue weighted by atomic mass is 9.63. The number of allylic oxidation sites excluding steroid dienone is 2. The van der Waals surface area contributed by atoms with Crippen LogP contribution in [-0.2, 0) is 14.4 Å². The summed E-state index contributed by atoms with van der Waals surface area (Å²) in [7, 11) is 0. The van der Waals surface area contributed by atoms with Gasteiger partial charge in [-0.25, -0.2) is 0 Å². The summed E-state index contributed by atoms with van der Waals surface area (Å²) >= 11 is 0. The van der Waals surface area contributed by atoms with Crippen molar-refractivity contribution < 1.29 is 19.1 Å². The lowest BCUT2D eigenvalue weighted by Gasteiger charge is -2.37. The Hall–Kier alpha value is -3.41. The zero-order chi connectivity index (χ0) is 21.1. The summed E-state index contributed by atoms with van der Waals surface area (Å²) in [5.41, 5.74) is 0.588. The Kier molecular flexibility index (Phi) is 4.03. The van der Waals surface area contributed by atoms with E-state index in [0.29, 0.717) is 23.3 Å². The first-order chi connectivity index (χ1) is 15.1. The summed E-state index contributed by atoms with van der Waals surface area (Å²) in [5, 5.41) is 2.78. The largest absolute Gasteiger partial charge is 0.457 e. The van der Waals surface area contributed by atoms with E-state index >= 15 is 0 Å². The fraction of sp³-hybridized carbons (Fsp3) is 0.320. The molecule has 0 aromatic heterocycles. The van der Waals surface area contributed by atoms with Crippen LogP contribution in [0, 0.1) is 35.5 Å². The number of nitrogens with zero attached hydrogens (tertiary/aromatic N) is 1. The molecule has 1 heterocycles. The third kappa shape index (κ3) is 2.97. The summed E-state index contributed by atoms with van der Waals surface area (Å²) in [4.78, 5) is 39.7. The molecule has 2 aromatic rings. The molecule has 2 bridgehead atoms. The van der Waals surface area contributed by atoms with Gasteiger partial charge in [-0.1, -0.05) is 30.4 Å². The predicted molar refractivity (Wildman–Crippen MR) is 113 cm³/mol. The number of hydrogen-bond donors (Lipinski definition) is 1. The summed E-state index contributed by atoms with van der Waals surface area (Å²) in [6.07, 6.45) is 5.39. The van der Waals surface area contributed by atoms with Crippen LogP contribution in [0.5, 0.6) is 11.5 Å². The second-order valence-electron chi connectivity index (χ2n) is 8.90. The SMILES string of the molecule is O=C(CN1C(=O)[C@H]2[C@@H]3C=C[C@@H]([C@H]4C[C@H]34)[C@@H]2C1=O)Nc1ccc(Oc2ccccc2)cc1. The van der Waals surface area contributed by atoms with Gasteiger partial charge in [0.2, 0.25) is 17.7 Å². The Morgan fingerprint density at radius 1 is 0.871 bits per heavy atom. The van der Waals surface area contributed by atoms with Crippen LogP contribution < -0.4 is 10.1 Å². The molecule has 4 aliphatic carbocycles. The summed E-state index contributed by atoms with van der Waals surface area (Å²) in [6.45, 7) is -0.234. The molecule has 2 saturated carbocycles. The van der Waals surface area contributed by atoms with Gasteiger partial charge in [0, 0.05) is 5.69 Å². The molecule has 6 nitrogen and oxygen atoms in total. The van der Waals surface area contributed by atoms with Crippen molar-refractivity contribution in [1.82, 2.24) is 4.90 Å². The number of carbonyl (C=O) groups is 3. The van der Waals surface area contributed by atoms with Crippen molar-refractivity contribution in [2.75, 3.05) is 11.9 Å². The third-order valence-electron chi connectivity index (χ3n) is 7.17. The average molecular weight is 414 g/mol. The highest BCUT2D eigenvalue weighted by Crippen LogP contribution is 2.65. The molecule has 1 N–H and O–H groups in total. The van der Waals surface area contributed by atoms with E-state index in [1.54, 1.807) is 24.3 Å². The van der Waals surface area contributed by atoms with E-state index in [1.807, 2.05) is 30.3 Å². The van der Waals surface area contributed by atoms with Gasteiger partial charge in [-0.15, -0.1) is 0 Å². The van der Waals surface area contributed by atoms with Crippen LogP contribution in [0.2, 0.25) is 0 Å². The van der Waals surface area contributed by atoms with Gasteiger partial charge in [0.1, 0.15) is 18.0 Å². The Balaban J connectivity index is 1.10. The molecule has 0 radical (unpaired) electrons. The number of benzene rings is 2. The lowest BCUT2D eigenvalue weighted by molar-refractivity contribution is -0.142. The van der Waals surface area contributed by atoms with Crippen LogP contribution in [0.4, 0.5) is 5.69 Å². The fourth-order valence-corrected chi connectivity index (χ4v) is 5.75. The second kappa shape index (κ2) is 6.80. The van der Waals surface area contributed by atoms with Crippen molar-refractivity contribution in [3.05, 3.63) is 66.7 Å². The first-order valence-corrected chi connectivity index (χ1v) is 10.8. The van der Waals surface area contributed by atoms with E-state index in [-0.39, 0.29) is 47.9 Å². The number of hydrogen-bond acceptors (Lipinski definition) is 4. The maximum Gasteiger partial charge on any atom is 0.244 e. The number of para-hydroxylation sites is 1. The molecule has 3 amide bonds. The average Bonchev–Trinajstić information content (AvgIpc) is 3.57. The molecular formula is C25H22N2O4. The number of nitrogens with one attached hydrogen (secondary N) is 1. The maximum absolute atomic E-state index is 13.0. The van der Waals surface area contributed by atoms with Gasteiger partial charge >= 0.3 is 0 Å². The highest BCUT2D eigenvalue weighted by atomic mass is 16.5. The van der Waals surface area contributed by atoms with Crippen LogP contribution >= 0.6 is 0 Å². The molecule has 31 heavy (non-hydrogen) atoms. The van der Waals surface area contributed by atoms with Gasteiger partial charge in [-0.05, 0) is 66.5 Å². The Morgan fingerprint density at radius 3 is 2.06 bits per heavy atom. The number of amides is 3. The van der Waals surface area contributed by atoms with Crippen LogP contribution in [0.25, 0.3) is 0 Å². The first-order valence-electron chi connectivity index (χ1n) is 10.8. The van der Waals surface area contributed by atoms with Crippen molar-refractivity contribution in [1.29, 1.82) is 0 Å². The smallest absolute Gasteiger partial charge is 0.244 e. The topological polar surface area (TPSA) is 75.7 Å². The number of ether oxygens (including phenoxy) is 1. The van der Waals surface area contributed by atoms with Crippen molar-refractivity contribution >= 4 is 23.4 Å². The standard InChI is InChI=1S/C25H22N2O4/c28-21(26-14-6-8-16(9-7-14)31-15-4-2-1-3-5-15)13-27-24(29)22-17-10-11-18(20-12-19(17)20)23(22)25(27)30/h1-11,17-20,22-23H,12-13H2,(H,26,28)/t17-,18+,19-,20-,22+,23+/m1/s1. The Labute approximate surface area is 179 Å². The number of imide groups is 1. The zero-order valence-electron chi connectivity index (χ0n) is 16.8. The quantitative estimate of drug-likeness (QED) is 0.601. The molecule has 156 valence electrons. The van der Waals surface area contributed by atoms with Crippen LogP contribution in [-0.4, -0.2) is 29.2 Å². The van der Waals surface area contributed by atoms with E-state index in [4.69, 9.17) is 4.74 Å². The highest BCUT2D eigenvalue weighted by molar-refractivity contribution is 6.09. The molecule has 2 aromatic carbocycles. The Morgan fingerprint density at radius 2 is 1.45 bits per heavy atom. The van der Waals surface area contributed by atoms with E-state index in [0.717, 1.165) is 12.2 Å². The molecule has 0 spiro atoms. The van der Waals surface area contributed by atoms with Gasteiger partial charge in [0.05, 0.1) is 11.8 Å². The van der Waals surface area contributed by atoms with E-state index in [2.05, 4.69) is 17.5 Å². The number of carbonyl (C=O) groups excluding carboxylic acids is 3. The maximum atomic E-state index is 13.0. The minimum Gasteiger partial charge on any atom is -0.457 e. The van der Waals surface area contributed by atoms with Gasteiger partial charge in [0.25, 0.3) is 0 Å². The van der Waals surface area contributed by atoms with E-state index in [1.165, 1.54) is 4.90 Å². The van der Waals surface area contributed by atoms with Gasteiger partial charge in [-0.2, -0.15) is 0 Å². The summed E-state index contributed by atoms with van der Waals surface area (Å²) in [6, 6.07) is 16.4. The van der Waals surface area contributed by atoms with Crippen LogP contribution in [0.1, 0.15) is 6.42 Å². The van der Waals surface area contributed by atoms with Crippen LogP contribution in [0.15, 0.2) is 66.7 Å². The zero-order valence-corrected chi connectivity index (χ0v) is 16.8. The van der Waals surface area contributed by atoms with E-state index in [9.17, 15) is 14.4 Å². The normalized spacial score (nSPS) is 31.9. The molecule has 1 aliphatic heterocycles. The van der Waals surface area contributed by atoms with Crippen LogP contribution in [0.3, 0.4) is 0 Å². The highest BCUT2D eigenvalue weighted by Gasteiger charge is 2.67. The predicted octanol–water partition coefficient (Wildman–Crippen LogP) is 3.47. The number of likely N-dealkylation sites (tertiary alicyclic amines) is 1. The number of anilines is 1. The monoisotopic (exact) mass is 414 g/mol. The van der Waals surface area contributed by atoms with Gasteiger partial charge in [-0.3, -0.25) is 19.3 Å². The van der Waals surface area contributed by atoms with E-state index < -0.39 is 0 Å². The van der Waals surface area contributed by atoms with Crippen molar-refractivity contribution in [3.8, 4) is 11.5 Å². The molecule has 3 fully saturated rings. The molecule has 5 aliphatic rings. The first kappa shape index (κ1) is 18.4. The molecular weight excluding hydrogens is 392 g/mol.